The summed E-state index contributed by atoms with van der Waals surface area (Å²) in [6, 6.07) is 9.51. The Bertz CT molecular complexity index is 877. The van der Waals surface area contributed by atoms with E-state index in [0.29, 0.717) is 57.0 Å². The molecule has 0 radical (unpaired) electrons. The molecule has 1 unspecified atom stereocenters. The molecule has 182 valence electrons. The van der Waals surface area contributed by atoms with E-state index in [4.69, 9.17) is 9.47 Å². The summed E-state index contributed by atoms with van der Waals surface area (Å²) in [4.78, 5) is 11.0. The van der Waals surface area contributed by atoms with Crippen molar-refractivity contribution in [3.8, 4) is 11.6 Å². The number of pyridine rings is 1. The third-order valence-electron chi connectivity index (χ3n) is 4.88. The molecule has 1 aliphatic rings. The minimum absolute atomic E-state index is 0. The third-order valence-corrected chi connectivity index (χ3v) is 4.88. The highest BCUT2D eigenvalue weighted by Gasteiger charge is 2.25. The van der Waals surface area contributed by atoms with Gasteiger partial charge in [0.05, 0.1) is 25.4 Å². The summed E-state index contributed by atoms with van der Waals surface area (Å²) >= 11 is 0. The average Bonchev–Trinajstić information content (AvgIpc) is 2.77. The molecular weight excluding hydrogens is 540 g/mol. The first-order valence-corrected chi connectivity index (χ1v) is 10.9. The molecule has 33 heavy (non-hydrogen) atoms. The lowest BCUT2D eigenvalue weighted by atomic mass is 10.1. The molecule has 0 saturated carbocycles. The first-order valence-electron chi connectivity index (χ1n) is 10.9. The lowest BCUT2D eigenvalue weighted by Crippen LogP contribution is -2.52. The Morgan fingerprint density at radius 3 is 2.73 bits per heavy atom. The van der Waals surface area contributed by atoms with Crippen molar-refractivity contribution in [3.63, 3.8) is 0 Å². The third kappa shape index (κ3) is 9.78. The fourth-order valence-electron chi connectivity index (χ4n) is 3.30. The summed E-state index contributed by atoms with van der Waals surface area (Å²) < 4.78 is 24.2. The number of nitrogens with zero attached hydrogens (tertiary/aromatic N) is 3. The molecule has 0 bridgehead atoms. The molecule has 1 fully saturated rings. The lowest BCUT2D eigenvalue weighted by Gasteiger charge is -2.34. The number of ether oxygens (including phenoxy) is 2. The van der Waals surface area contributed by atoms with Crippen molar-refractivity contribution in [3.05, 3.63) is 54.0 Å². The van der Waals surface area contributed by atoms with E-state index < -0.39 is 5.60 Å². The van der Waals surface area contributed by atoms with Gasteiger partial charge in [0, 0.05) is 51.1 Å². The number of hydrogen-bond donors (Lipinski definition) is 3. The summed E-state index contributed by atoms with van der Waals surface area (Å²) in [5.74, 6) is 1.04. The first kappa shape index (κ1) is 27.2. The number of rotatable bonds is 9. The van der Waals surface area contributed by atoms with Gasteiger partial charge >= 0.3 is 0 Å². The van der Waals surface area contributed by atoms with Gasteiger partial charge in [-0.05, 0) is 31.5 Å². The fraction of sp³-hybridized carbons (Fsp3) is 0.478. The van der Waals surface area contributed by atoms with Crippen molar-refractivity contribution < 1.29 is 19.0 Å². The monoisotopic (exact) mass is 573 g/mol. The molecule has 0 spiro atoms. The zero-order valence-electron chi connectivity index (χ0n) is 19.1. The minimum atomic E-state index is -0.898. The number of halogens is 2. The van der Waals surface area contributed by atoms with Gasteiger partial charge in [0.25, 0.3) is 0 Å². The van der Waals surface area contributed by atoms with E-state index in [2.05, 4.69) is 25.5 Å². The van der Waals surface area contributed by atoms with Gasteiger partial charge in [-0.15, -0.1) is 24.0 Å². The topological polar surface area (TPSA) is 91.2 Å². The highest BCUT2D eigenvalue weighted by Crippen LogP contribution is 2.20. The highest BCUT2D eigenvalue weighted by molar-refractivity contribution is 14.0. The molecule has 1 aromatic carbocycles. The number of aliphatic imine (C=N–C) groups is 1. The van der Waals surface area contributed by atoms with Crippen LogP contribution in [-0.4, -0.2) is 72.5 Å². The molecule has 3 rings (SSSR count). The van der Waals surface area contributed by atoms with Crippen molar-refractivity contribution in [2.45, 2.75) is 26.0 Å². The molecule has 1 saturated heterocycles. The van der Waals surface area contributed by atoms with Crippen molar-refractivity contribution in [1.29, 1.82) is 0 Å². The highest BCUT2D eigenvalue weighted by atomic mass is 127. The average molecular weight is 573 g/mol. The number of aromatic nitrogens is 1. The second-order valence-electron chi connectivity index (χ2n) is 8.00. The molecule has 1 aromatic heterocycles. The van der Waals surface area contributed by atoms with E-state index in [0.717, 1.165) is 18.7 Å². The number of benzene rings is 1. The van der Waals surface area contributed by atoms with Crippen LogP contribution in [0, 0.1) is 5.82 Å². The standard InChI is InChI=1S/C23H32FN5O3.HI/c1-3-25-22(28-16-23(2,30)17-29-9-11-31-12-10-29)27-15-18-7-8-21(26-14-18)32-20-6-4-5-19(24)13-20;/h4-8,13-14,30H,3,9-12,15-17H2,1-2H3,(H2,25,27,28);1H. The van der Waals surface area contributed by atoms with Gasteiger partial charge in [-0.3, -0.25) is 4.90 Å². The number of aliphatic hydroxyl groups is 1. The minimum Gasteiger partial charge on any atom is -0.439 e. The number of β-amino-alcohol motifs (C(OH)–C–C–N with tert-alkyl or cyclic N) is 1. The molecular formula is C23H33FIN5O3. The number of guanidine groups is 1. The maximum absolute atomic E-state index is 13.3. The predicted molar refractivity (Wildman–Crippen MR) is 137 cm³/mol. The Hall–Kier alpha value is -2.02. The van der Waals surface area contributed by atoms with Crippen LogP contribution in [0.5, 0.6) is 11.6 Å². The van der Waals surface area contributed by atoms with Crippen LogP contribution in [0.25, 0.3) is 0 Å². The quantitative estimate of drug-likeness (QED) is 0.242. The van der Waals surface area contributed by atoms with E-state index in [9.17, 15) is 9.50 Å². The molecule has 10 heteroatoms. The van der Waals surface area contributed by atoms with Gasteiger partial charge in [-0.25, -0.2) is 14.4 Å². The van der Waals surface area contributed by atoms with Crippen LogP contribution in [0.1, 0.15) is 19.4 Å². The van der Waals surface area contributed by atoms with Crippen LogP contribution in [0.15, 0.2) is 47.6 Å². The van der Waals surface area contributed by atoms with Gasteiger partial charge < -0.3 is 25.2 Å². The van der Waals surface area contributed by atoms with E-state index in [1.54, 1.807) is 24.4 Å². The Balaban J connectivity index is 0.00000385. The van der Waals surface area contributed by atoms with E-state index in [1.165, 1.54) is 12.1 Å². The van der Waals surface area contributed by atoms with Crippen LogP contribution in [0.2, 0.25) is 0 Å². The SMILES string of the molecule is CCNC(=NCc1ccc(Oc2cccc(F)c2)nc1)NCC(C)(O)CN1CCOCC1.I. The van der Waals surface area contributed by atoms with E-state index >= 15 is 0 Å². The fourth-order valence-corrected chi connectivity index (χ4v) is 3.30. The van der Waals surface area contributed by atoms with Gasteiger partial charge in [-0.1, -0.05) is 12.1 Å². The van der Waals surface area contributed by atoms with Crippen LogP contribution in [-0.2, 0) is 11.3 Å². The summed E-state index contributed by atoms with van der Waals surface area (Å²) in [7, 11) is 0. The normalized spacial score (nSPS) is 16.4. The summed E-state index contributed by atoms with van der Waals surface area (Å²) in [6.45, 7) is 8.93. The largest absolute Gasteiger partial charge is 0.439 e. The molecule has 0 amide bonds. The molecule has 1 aliphatic heterocycles. The Labute approximate surface area is 211 Å². The maximum atomic E-state index is 13.3. The Morgan fingerprint density at radius 2 is 2.06 bits per heavy atom. The van der Waals surface area contributed by atoms with Crippen molar-refractivity contribution in [2.75, 3.05) is 45.9 Å². The van der Waals surface area contributed by atoms with Crippen LogP contribution in [0.4, 0.5) is 4.39 Å². The van der Waals surface area contributed by atoms with Crippen molar-refractivity contribution >= 4 is 29.9 Å². The zero-order chi connectivity index (χ0) is 22.8. The number of morpholine rings is 1. The predicted octanol–water partition coefficient (Wildman–Crippen LogP) is 2.77. The smallest absolute Gasteiger partial charge is 0.219 e. The summed E-state index contributed by atoms with van der Waals surface area (Å²) in [5, 5.41) is 17.2. The number of nitrogens with one attached hydrogen (secondary N) is 2. The molecule has 3 N–H and O–H groups in total. The summed E-state index contributed by atoms with van der Waals surface area (Å²) in [6.07, 6.45) is 1.68. The summed E-state index contributed by atoms with van der Waals surface area (Å²) in [5.41, 5.74) is -0.000727. The molecule has 1 atom stereocenters. The van der Waals surface area contributed by atoms with Crippen molar-refractivity contribution in [1.82, 2.24) is 20.5 Å². The van der Waals surface area contributed by atoms with Crippen LogP contribution < -0.4 is 15.4 Å². The first-order chi connectivity index (χ1) is 15.4. The maximum Gasteiger partial charge on any atom is 0.219 e. The van der Waals surface area contributed by atoms with Gasteiger partial charge in [0.2, 0.25) is 5.88 Å². The molecule has 0 aliphatic carbocycles. The van der Waals surface area contributed by atoms with Crippen LogP contribution in [0.3, 0.4) is 0 Å². The Morgan fingerprint density at radius 1 is 1.27 bits per heavy atom. The van der Waals surface area contributed by atoms with E-state index in [-0.39, 0.29) is 29.8 Å². The zero-order valence-corrected chi connectivity index (χ0v) is 21.4. The van der Waals surface area contributed by atoms with Gasteiger partial charge in [0.15, 0.2) is 5.96 Å². The van der Waals surface area contributed by atoms with Crippen molar-refractivity contribution in [2.24, 2.45) is 4.99 Å². The number of hydrogen-bond acceptors (Lipinski definition) is 6. The second-order valence-corrected chi connectivity index (χ2v) is 8.00. The molecule has 8 nitrogen and oxygen atoms in total. The molecule has 2 heterocycles. The van der Waals surface area contributed by atoms with Crippen LogP contribution >= 0.6 is 24.0 Å². The second kappa shape index (κ2) is 13.6. The van der Waals surface area contributed by atoms with E-state index in [1.807, 2.05) is 19.9 Å². The van der Waals surface area contributed by atoms with Gasteiger partial charge in [0.1, 0.15) is 11.6 Å². The lowest BCUT2D eigenvalue weighted by molar-refractivity contribution is -0.0201. The Kier molecular flexibility index (Phi) is 11.2. The van der Waals surface area contributed by atoms with Gasteiger partial charge in [-0.2, -0.15) is 0 Å². The molecule has 2 aromatic rings.